The van der Waals surface area contributed by atoms with Crippen LogP contribution >= 0.6 is 0 Å². The Kier molecular flexibility index (Phi) is 5.47. The Labute approximate surface area is 172 Å². The number of rotatable bonds is 4. The highest BCUT2D eigenvalue weighted by Crippen LogP contribution is 2.57. The maximum atomic E-state index is 12.9. The molecule has 0 aromatic heterocycles. The normalized spacial score (nSPS) is 36.6. The number of hydrogen-bond donors (Lipinski definition) is 3. The molecule has 0 spiro atoms. The molecule has 0 heterocycles. The molecule has 1 aromatic rings. The summed E-state index contributed by atoms with van der Waals surface area (Å²) in [5.74, 6) is -0.836. The molecule has 0 aliphatic heterocycles. The van der Waals surface area contributed by atoms with Crippen LogP contribution in [0.15, 0.2) is 30.4 Å². The Morgan fingerprint density at radius 1 is 1.17 bits per heavy atom. The Bertz CT molecular complexity index is 814. The third kappa shape index (κ3) is 3.88. The second kappa shape index (κ2) is 7.33. The lowest BCUT2D eigenvalue weighted by atomic mass is 9.68. The number of aliphatic hydroxyl groups is 2. The van der Waals surface area contributed by atoms with Crippen molar-refractivity contribution in [1.82, 2.24) is 0 Å². The third-order valence-corrected chi connectivity index (χ3v) is 6.80. The van der Waals surface area contributed by atoms with Gasteiger partial charge in [0, 0.05) is 12.3 Å². The highest BCUT2D eigenvalue weighted by molar-refractivity contribution is 5.90. The van der Waals surface area contributed by atoms with Gasteiger partial charge >= 0.3 is 5.97 Å². The number of ether oxygens (including phenoxy) is 2. The number of esters is 1. The second-order valence-electron chi connectivity index (χ2n) is 9.35. The van der Waals surface area contributed by atoms with Gasteiger partial charge in [0.15, 0.2) is 11.5 Å². The third-order valence-electron chi connectivity index (χ3n) is 6.80. The first-order valence-electron chi connectivity index (χ1n) is 10.1. The van der Waals surface area contributed by atoms with Gasteiger partial charge in [0.25, 0.3) is 0 Å². The zero-order valence-electron chi connectivity index (χ0n) is 17.8. The molecule has 29 heavy (non-hydrogen) atoms. The van der Waals surface area contributed by atoms with E-state index in [0.717, 1.165) is 6.42 Å². The predicted octanol–water partition coefficient (Wildman–Crippen LogP) is 3.44. The lowest BCUT2D eigenvalue weighted by Gasteiger charge is -2.43. The predicted molar refractivity (Wildman–Crippen MR) is 109 cm³/mol. The summed E-state index contributed by atoms with van der Waals surface area (Å²) in [6, 6.07) is 4.27. The van der Waals surface area contributed by atoms with E-state index in [-0.39, 0.29) is 35.3 Å². The summed E-state index contributed by atoms with van der Waals surface area (Å²) in [6.45, 7) is 7.69. The molecule has 0 radical (unpaired) electrons. The van der Waals surface area contributed by atoms with Gasteiger partial charge in [-0.15, -0.1) is 0 Å². The molecule has 1 fully saturated rings. The van der Waals surface area contributed by atoms with Crippen LogP contribution in [0.1, 0.15) is 57.3 Å². The first-order chi connectivity index (χ1) is 13.4. The second-order valence-corrected chi connectivity index (χ2v) is 9.35. The minimum Gasteiger partial charge on any atom is -0.504 e. The fourth-order valence-corrected chi connectivity index (χ4v) is 5.02. The molecule has 6 heteroatoms. The van der Waals surface area contributed by atoms with Crippen LogP contribution in [0.2, 0.25) is 0 Å². The fraction of sp³-hybridized carbons (Fsp3) is 0.609. The Morgan fingerprint density at radius 3 is 2.48 bits per heavy atom. The van der Waals surface area contributed by atoms with E-state index in [9.17, 15) is 20.1 Å². The quantitative estimate of drug-likeness (QED) is 0.525. The molecule has 0 amide bonds. The van der Waals surface area contributed by atoms with E-state index in [1.54, 1.807) is 13.0 Å². The molecule has 0 bridgehead atoms. The van der Waals surface area contributed by atoms with Crippen molar-refractivity contribution < 1.29 is 29.6 Å². The van der Waals surface area contributed by atoms with Crippen molar-refractivity contribution in [3.63, 3.8) is 0 Å². The van der Waals surface area contributed by atoms with Crippen molar-refractivity contribution in [3.8, 4) is 11.5 Å². The molecular formula is C23H32O6. The van der Waals surface area contributed by atoms with Crippen LogP contribution in [0.25, 0.3) is 0 Å². The average molecular weight is 405 g/mol. The number of hydrogen-bond acceptors (Lipinski definition) is 6. The van der Waals surface area contributed by atoms with Crippen LogP contribution in [0.4, 0.5) is 0 Å². The number of carbonyl (C=O) groups is 1. The number of benzene rings is 1. The van der Waals surface area contributed by atoms with Gasteiger partial charge in [0.05, 0.1) is 23.9 Å². The number of methoxy groups -OCH3 is 1. The Morgan fingerprint density at radius 2 is 1.86 bits per heavy atom. The lowest BCUT2D eigenvalue weighted by Crippen LogP contribution is -2.51. The van der Waals surface area contributed by atoms with E-state index in [1.807, 2.05) is 19.9 Å². The maximum absolute atomic E-state index is 12.9. The zero-order chi connectivity index (χ0) is 21.6. The molecule has 1 saturated carbocycles. The number of allylic oxidation sites excluding steroid dienone is 1. The first-order valence-corrected chi connectivity index (χ1v) is 10.1. The summed E-state index contributed by atoms with van der Waals surface area (Å²) in [6.07, 6.45) is 4.63. The van der Waals surface area contributed by atoms with Crippen molar-refractivity contribution in [2.75, 3.05) is 7.11 Å². The molecule has 2 aliphatic rings. The molecule has 160 valence electrons. The number of carbonyl (C=O) groups excluding carboxylic acids is 1. The smallest absolute Gasteiger partial charge is 0.338 e. The van der Waals surface area contributed by atoms with E-state index in [2.05, 4.69) is 6.92 Å². The van der Waals surface area contributed by atoms with Gasteiger partial charge in [0.2, 0.25) is 0 Å². The van der Waals surface area contributed by atoms with Gasteiger partial charge < -0.3 is 24.8 Å². The summed E-state index contributed by atoms with van der Waals surface area (Å²) < 4.78 is 11.0. The van der Waals surface area contributed by atoms with Crippen molar-refractivity contribution >= 4 is 5.97 Å². The molecule has 5 atom stereocenters. The van der Waals surface area contributed by atoms with Crippen LogP contribution in [0, 0.1) is 17.3 Å². The van der Waals surface area contributed by atoms with E-state index in [0.29, 0.717) is 6.42 Å². The largest absolute Gasteiger partial charge is 0.504 e. The molecule has 6 nitrogen and oxygen atoms in total. The number of aromatic hydroxyl groups is 1. The monoisotopic (exact) mass is 404 g/mol. The fourth-order valence-electron chi connectivity index (χ4n) is 5.02. The summed E-state index contributed by atoms with van der Waals surface area (Å²) in [5.41, 5.74) is -2.30. The number of phenols is 1. The van der Waals surface area contributed by atoms with Gasteiger partial charge in [-0.05, 0) is 49.3 Å². The Hall–Kier alpha value is -2.05. The van der Waals surface area contributed by atoms with Crippen LogP contribution < -0.4 is 4.74 Å². The zero-order valence-corrected chi connectivity index (χ0v) is 17.8. The molecule has 3 N–H and O–H groups in total. The van der Waals surface area contributed by atoms with Crippen LogP contribution in [0.3, 0.4) is 0 Å². The molecule has 0 saturated heterocycles. The number of fused-ring (bicyclic) bond motifs is 1. The lowest BCUT2D eigenvalue weighted by molar-refractivity contribution is -0.116. The molecule has 2 aliphatic carbocycles. The molecule has 1 aromatic carbocycles. The first kappa shape index (κ1) is 21.7. The minimum atomic E-state index is -1.15. The van der Waals surface area contributed by atoms with Gasteiger partial charge in [-0.2, -0.15) is 0 Å². The van der Waals surface area contributed by atoms with E-state index in [4.69, 9.17) is 9.47 Å². The van der Waals surface area contributed by atoms with Crippen molar-refractivity contribution in [2.24, 2.45) is 17.3 Å². The van der Waals surface area contributed by atoms with Crippen LogP contribution in [-0.4, -0.2) is 45.7 Å². The topological polar surface area (TPSA) is 96.2 Å². The van der Waals surface area contributed by atoms with Gasteiger partial charge in [-0.25, -0.2) is 4.79 Å². The summed E-state index contributed by atoms with van der Waals surface area (Å²) in [7, 11) is 1.41. The SMILES string of the molecule is COc1cc(C(=O)OC2CC(C)(O)C=CC3(C)CCC(O)(C(C)C)C23)ccc1O. The van der Waals surface area contributed by atoms with Crippen molar-refractivity contribution in [2.45, 2.75) is 64.3 Å². The van der Waals surface area contributed by atoms with Crippen LogP contribution in [-0.2, 0) is 4.74 Å². The molecular weight excluding hydrogens is 372 g/mol. The summed E-state index contributed by atoms with van der Waals surface area (Å²) >= 11 is 0. The standard InChI is InChI=1S/C23H32O6/c1-14(2)23(27)11-9-21(3)8-10-22(4,26)13-18(19(21)23)29-20(25)15-6-7-16(24)17(12-15)28-5/h6-8,10,12,14,18-19,24,26-27H,9,11,13H2,1-5H3. The van der Waals surface area contributed by atoms with Gasteiger partial charge in [-0.3, -0.25) is 0 Å². The highest BCUT2D eigenvalue weighted by Gasteiger charge is 2.60. The van der Waals surface area contributed by atoms with Crippen molar-refractivity contribution in [1.29, 1.82) is 0 Å². The Balaban J connectivity index is 1.97. The highest BCUT2D eigenvalue weighted by atomic mass is 16.5. The van der Waals surface area contributed by atoms with Gasteiger partial charge in [-0.1, -0.05) is 32.9 Å². The maximum Gasteiger partial charge on any atom is 0.338 e. The molecule has 5 unspecified atom stereocenters. The average Bonchev–Trinajstić information content (AvgIpc) is 2.87. The summed E-state index contributed by atoms with van der Waals surface area (Å²) in [5, 5.41) is 32.1. The minimum absolute atomic E-state index is 0.0271. The van der Waals surface area contributed by atoms with Crippen molar-refractivity contribution in [3.05, 3.63) is 35.9 Å². The van der Waals surface area contributed by atoms with E-state index in [1.165, 1.54) is 25.3 Å². The van der Waals surface area contributed by atoms with E-state index < -0.39 is 28.7 Å². The van der Waals surface area contributed by atoms with E-state index >= 15 is 0 Å². The molecule has 3 rings (SSSR count). The number of phenolic OH excluding ortho intramolecular Hbond substituents is 1. The van der Waals surface area contributed by atoms with Gasteiger partial charge in [0.1, 0.15) is 6.10 Å². The van der Waals surface area contributed by atoms with Crippen LogP contribution in [0.5, 0.6) is 11.5 Å². The summed E-state index contributed by atoms with van der Waals surface area (Å²) in [4.78, 5) is 12.9.